The van der Waals surface area contributed by atoms with E-state index in [2.05, 4.69) is 21.2 Å². The van der Waals surface area contributed by atoms with E-state index in [0.29, 0.717) is 10.5 Å². The Labute approximate surface area is 122 Å². The normalized spacial score (nSPS) is 12.2. The zero-order chi connectivity index (χ0) is 14.7. The summed E-state index contributed by atoms with van der Waals surface area (Å²) in [6.45, 7) is -0.101. The van der Waals surface area contributed by atoms with Gasteiger partial charge in [-0.2, -0.15) is 0 Å². The lowest BCUT2D eigenvalue weighted by molar-refractivity contribution is 0.186. The molecule has 0 fully saturated rings. The molecule has 0 saturated carbocycles. The number of hydrogen-bond donors (Lipinski definition) is 2. The van der Waals surface area contributed by atoms with E-state index < -0.39 is 23.6 Å². The van der Waals surface area contributed by atoms with E-state index >= 15 is 0 Å². The van der Waals surface area contributed by atoms with Gasteiger partial charge in [-0.15, -0.1) is 0 Å². The summed E-state index contributed by atoms with van der Waals surface area (Å²) in [7, 11) is 0. The zero-order valence-electron chi connectivity index (χ0n) is 10.2. The molecule has 6 heteroatoms. The number of aliphatic hydroxyl groups is 1. The second-order valence-corrected chi connectivity index (χ2v) is 5.10. The minimum atomic E-state index is -1.21. The van der Waals surface area contributed by atoms with Crippen molar-refractivity contribution in [3.05, 3.63) is 63.9 Å². The smallest absolute Gasteiger partial charge is 0.146 e. The van der Waals surface area contributed by atoms with Gasteiger partial charge in [-0.05, 0) is 24.3 Å². The van der Waals surface area contributed by atoms with Crippen LogP contribution in [0.15, 0.2) is 40.9 Å². The standard InChI is InChI=1S/C14H11BrF3NO/c15-8-1-4-11(17)13(5-8)19-7-14(20)10-3-2-9(16)6-12(10)18/h1-6,14,19-20H,7H2. The highest BCUT2D eigenvalue weighted by Gasteiger charge is 2.14. The van der Waals surface area contributed by atoms with Gasteiger partial charge < -0.3 is 10.4 Å². The molecule has 2 N–H and O–H groups in total. The van der Waals surface area contributed by atoms with E-state index in [1.54, 1.807) is 0 Å². The Morgan fingerprint density at radius 1 is 1.05 bits per heavy atom. The van der Waals surface area contributed by atoms with Crippen molar-refractivity contribution in [1.29, 1.82) is 0 Å². The number of benzene rings is 2. The predicted molar refractivity (Wildman–Crippen MR) is 73.9 cm³/mol. The summed E-state index contributed by atoms with van der Waals surface area (Å²) in [5, 5.41) is 12.5. The van der Waals surface area contributed by atoms with Gasteiger partial charge in [0.15, 0.2) is 0 Å². The maximum Gasteiger partial charge on any atom is 0.146 e. The second kappa shape index (κ2) is 6.28. The highest BCUT2D eigenvalue weighted by molar-refractivity contribution is 9.10. The molecule has 20 heavy (non-hydrogen) atoms. The van der Waals surface area contributed by atoms with Crippen LogP contribution in [0.25, 0.3) is 0 Å². The molecule has 0 aliphatic carbocycles. The third-order valence-corrected chi connectivity index (χ3v) is 3.23. The Bertz CT molecular complexity index is 621. The molecular weight excluding hydrogens is 335 g/mol. The van der Waals surface area contributed by atoms with Gasteiger partial charge in [0.1, 0.15) is 17.5 Å². The second-order valence-electron chi connectivity index (χ2n) is 4.19. The Morgan fingerprint density at radius 3 is 2.50 bits per heavy atom. The number of hydrogen-bond acceptors (Lipinski definition) is 2. The molecule has 2 aromatic carbocycles. The van der Waals surface area contributed by atoms with Crippen molar-refractivity contribution in [2.45, 2.75) is 6.10 Å². The first-order chi connectivity index (χ1) is 9.47. The van der Waals surface area contributed by atoms with Gasteiger partial charge in [0.25, 0.3) is 0 Å². The maximum atomic E-state index is 13.5. The van der Waals surface area contributed by atoms with E-state index in [0.717, 1.165) is 12.1 Å². The Hall–Kier alpha value is -1.53. The number of nitrogens with one attached hydrogen (secondary N) is 1. The third kappa shape index (κ3) is 3.52. The molecule has 0 saturated heterocycles. The molecule has 2 aromatic rings. The highest BCUT2D eigenvalue weighted by Crippen LogP contribution is 2.22. The predicted octanol–water partition coefficient (Wildman–Crippen LogP) is 4.01. The first kappa shape index (κ1) is 14.9. The zero-order valence-corrected chi connectivity index (χ0v) is 11.8. The van der Waals surface area contributed by atoms with Gasteiger partial charge in [-0.1, -0.05) is 22.0 Å². The molecule has 1 atom stereocenters. The molecule has 2 rings (SSSR count). The number of rotatable bonds is 4. The summed E-state index contributed by atoms with van der Waals surface area (Å²) in [4.78, 5) is 0. The third-order valence-electron chi connectivity index (χ3n) is 2.74. The molecule has 0 heterocycles. The average Bonchev–Trinajstić information content (AvgIpc) is 2.39. The largest absolute Gasteiger partial charge is 0.386 e. The molecule has 0 amide bonds. The highest BCUT2D eigenvalue weighted by atomic mass is 79.9. The quantitative estimate of drug-likeness (QED) is 0.877. The van der Waals surface area contributed by atoms with Crippen LogP contribution < -0.4 is 5.32 Å². The van der Waals surface area contributed by atoms with Crippen molar-refractivity contribution in [3.8, 4) is 0 Å². The monoisotopic (exact) mass is 345 g/mol. The van der Waals surface area contributed by atoms with Crippen molar-refractivity contribution in [1.82, 2.24) is 0 Å². The van der Waals surface area contributed by atoms with E-state index in [9.17, 15) is 18.3 Å². The van der Waals surface area contributed by atoms with E-state index in [-0.39, 0.29) is 17.8 Å². The number of aliphatic hydroxyl groups excluding tert-OH is 1. The lowest BCUT2D eigenvalue weighted by Crippen LogP contribution is -2.14. The summed E-state index contributed by atoms with van der Waals surface area (Å²) >= 11 is 3.20. The first-order valence-corrected chi connectivity index (χ1v) is 6.58. The van der Waals surface area contributed by atoms with Crippen LogP contribution in [-0.2, 0) is 0 Å². The van der Waals surface area contributed by atoms with Crippen LogP contribution in [0.3, 0.4) is 0 Å². The number of anilines is 1. The van der Waals surface area contributed by atoms with E-state index in [4.69, 9.17) is 0 Å². The molecule has 2 nitrogen and oxygen atoms in total. The Balaban J connectivity index is 2.08. The van der Waals surface area contributed by atoms with Gasteiger partial charge in [-0.25, -0.2) is 13.2 Å². The van der Waals surface area contributed by atoms with Crippen LogP contribution >= 0.6 is 15.9 Å². The Morgan fingerprint density at radius 2 is 1.80 bits per heavy atom. The fourth-order valence-electron chi connectivity index (χ4n) is 1.72. The fraction of sp³-hybridized carbons (Fsp3) is 0.143. The van der Waals surface area contributed by atoms with Gasteiger partial charge >= 0.3 is 0 Å². The van der Waals surface area contributed by atoms with Crippen molar-refractivity contribution >= 4 is 21.6 Å². The van der Waals surface area contributed by atoms with Crippen LogP contribution in [-0.4, -0.2) is 11.7 Å². The lowest BCUT2D eigenvalue weighted by atomic mass is 10.1. The molecule has 0 aliphatic rings. The first-order valence-electron chi connectivity index (χ1n) is 5.79. The van der Waals surface area contributed by atoms with Crippen LogP contribution in [0.1, 0.15) is 11.7 Å². The molecule has 0 aliphatic heterocycles. The van der Waals surface area contributed by atoms with Crippen molar-refractivity contribution < 1.29 is 18.3 Å². The van der Waals surface area contributed by atoms with Crippen LogP contribution in [0.2, 0.25) is 0 Å². The van der Waals surface area contributed by atoms with Gasteiger partial charge in [0.2, 0.25) is 0 Å². The van der Waals surface area contributed by atoms with Crippen LogP contribution in [0, 0.1) is 17.5 Å². The van der Waals surface area contributed by atoms with E-state index in [1.165, 1.54) is 18.2 Å². The Kier molecular flexibility index (Phi) is 4.67. The molecule has 1 unspecified atom stereocenters. The maximum absolute atomic E-state index is 13.5. The molecule has 106 valence electrons. The minimum Gasteiger partial charge on any atom is -0.386 e. The summed E-state index contributed by atoms with van der Waals surface area (Å²) < 4.78 is 40.4. The molecule has 0 aromatic heterocycles. The molecule has 0 radical (unpaired) electrons. The topological polar surface area (TPSA) is 32.3 Å². The summed E-state index contributed by atoms with van der Waals surface area (Å²) in [6.07, 6.45) is -1.21. The van der Waals surface area contributed by atoms with Crippen LogP contribution in [0.5, 0.6) is 0 Å². The number of halogens is 4. The summed E-state index contributed by atoms with van der Waals surface area (Å²) in [5.74, 6) is -2.04. The molecular formula is C14H11BrF3NO. The summed E-state index contributed by atoms with van der Waals surface area (Å²) in [6, 6.07) is 7.21. The fourth-order valence-corrected chi connectivity index (χ4v) is 2.08. The average molecular weight is 346 g/mol. The van der Waals surface area contributed by atoms with Crippen LogP contribution in [0.4, 0.5) is 18.9 Å². The molecule has 0 bridgehead atoms. The molecule has 0 spiro atoms. The van der Waals surface area contributed by atoms with Gasteiger partial charge in [0, 0.05) is 22.6 Å². The van der Waals surface area contributed by atoms with Crippen molar-refractivity contribution in [3.63, 3.8) is 0 Å². The summed E-state index contributed by atoms with van der Waals surface area (Å²) in [5.41, 5.74) is 0.134. The van der Waals surface area contributed by atoms with Crippen molar-refractivity contribution in [2.24, 2.45) is 0 Å². The van der Waals surface area contributed by atoms with Gasteiger partial charge in [-0.3, -0.25) is 0 Å². The van der Waals surface area contributed by atoms with Gasteiger partial charge in [0.05, 0.1) is 11.8 Å². The van der Waals surface area contributed by atoms with Crippen molar-refractivity contribution in [2.75, 3.05) is 11.9 Å². The SMILES string of the molecule is OC(CNc1cc(Br)ccc1F)c1ccc(F)cc1F. The van der Waals surface area contributed by atoms with E-state index in [1.807, 2.05) is 0 Å². The lowest BCUT2D eigenvalue weighted by Gasteiger charge is -2.14. The minimum absolute atomic E-state index is 0.0469.